The standard InChI is InChI=1S/C23H27N5O/c1-29-20-12-8-11-19(15-20)21-16-25-27-23(26-21)24-17-22(18-9-4-2-5-10-18)28-13-6-3-7-14-28/h2,4-5,8-12,15-16,22H,3,6-7,13-14,17H2,1H3,(H,24,26,27). The van der Waals surface area contributed by atoms with Gasteiger partial charge in [-0.1, -0.05) is 48.9 Å². The highest BCUT2D eigenvalue weighted by molar-refractivity contribution is 5.61. The van der Waals surface area contributed by atoms with E-state index in [0.29, 0.717) is 12.0 Å². The number of benzene rings is 2. The van der Waals surface area contributed by atoms with E-state index in [1.54, 1.807) is 13.3 Å². The highest BCUT2D eigenvalue weighted by Gasteiger charge is 2.22. The van der Waals surface area contributed by atoms with Crippen LogP contribution in [0.2, 0.25) is 0 Å². The van der Waals surface area contributed by atoms with Crippen LogP contribution in [0.1, 0.15) is 30.9 Å². The fourth-order valence-corrected chi connectivity index (χ4v) is 3.85. The van der Waals surface area contributed by atoms with Crippen LogP contribution in [0, 0.1) is 0 Å². The van der Waals surface area contributed by atoms with Gasteiger partial charge >= 0.3 is 0 Å². The Bertz CT molecular complexity index is 912. The largest absolute Gasteiger partial charge is 0.497 e. The summed E-state index contributed by atoms with van der Waals surface area (Å²) in [5.41, 5.74) is 3.05. The maximum atomic E-state index is 5.32. The van der Waals surface area contributed by atoms with Crippen LogP contribution in [-0.4, -0.2) is 46.8 Å². The molecule has 1 aliphatic rings. The molecule has 1 unspecified atom stereocenters. The first-order valence-corrected chi connectivity index (χ1v) is 10.2. The van der Waals surface area contributed by atoms with Crippen molar-refractivity contribution in [1.82, 2.24) is 20.1 Å². The van der Waals surface area contributed by atoms with Gasteiger partial charge in [0.1, 0.15) is 5.75 Å². The molecule has 1 N–H and O–H groups in total. The first kappa shape index (κ1) is 19.3. The van der Waals surface area contributed by atoms with E-state index in [1.165, 1.54) is 24.8 Å². The molecule has 0 spiro atoms. The second-order valence-corrected chi connectivity index (χ2v) is 7.30. The summed E-state index contributed by atoms with van der Waals surface area (Å²) >= 11 is 0. The van der Waals surface area contributed by atoms with Crippen molar-refractivity contribution in [2.75, 3.05) is 32.1 Å². The zero-order valence-corrected chi connectivity index (χ0v) is 16.8. The number of aromatic nitrogens is 3. The molecule has 1 fully saturated rings. The van der Waals surface area contributed by atoms with Crippen molar-refractivity contribution in [3.63, 3.8) is 0 Å². The third-order valence-electron chi connectivity index (χ3n) is 5.39. The van der Waals surface area contributed by atoms with E-state index in [4.69, 9.17) is 4.74 Å². The first-order valence-electron chi connectivity index (χ1n) is 10.2. The molecule has 1 aromatic heterocycles. The summed E-state index contributed by atoms with van der Waals surface area (Å²) in [5.74, 6) is 1.34. The molecular formula is C23H27N5O. The SMILES string of the molecule is COc1cccc(-c2cnnc(NCC(c3ccccc3)N3CCCCC3)n2)c1. The van der Waals surface area contributed by atoms with Crippen LogP contribution in [0.15, 0.2) is 60.8 Å². The van der Waals surface area contributed by atoms with E-state index in [1.807, 2.05) is 24.3 Å². The number of hydrogen-bond acceptors (Lipinski definition) is 6. The van der Waals surface area contributed by atoms with E-state index in [2.05, 4.69) is 55.7 Å². The van der Waals surface area contributed by atoms with E-state index in [0.717, 1.165) is 36.6 Å². The van der Waals surface area contributed by atoms with Gasteiger partial charge in [0.2, 0.25) is 5.95 Å². The van der Waals surface area contributed by atoms with Gasteiger partial charge in [0.15, 0.2) is 0 Å². The average molecular weight is 390 g/mol. The molecule has 0 amide bonds. The maximum Gasteiger partial charge on any atom is 0.243 e. The Balaban J connectivity index is 1.51. The summed E-state index contributed by atoms with van der Waals surface area (Å²) in [7, 11) is 1.66. The maximum absolute atomic E-state index is 5.32. The van der Waals surface area contributed by atoms with Gasteiger partial charge in [-0.05, 0) is 43.6 Å². The Kier molecular flexibility index (Phi) is 6.32. The number of piperidine rings is 1. The Hall–Kier alpha value is -2.99. The van der Waals surface area contributed by atoms with Crippen LogP contribution in [0.4, 0.5) is 5.95 Å². The van der Waals surface area contributed by atoms with E-state index >= 15 is 0 Å². The van der Waals surface area contributed by atoms with Gasteiger partial charge in [-0.2, -0.15) is 5.10 Å². The summed E-state index contributed by atoms with van der Waals surface area (Å²) in [5, 5.41) is 11.8. The number of nitrogens with one attached hydrogen (secondary N) is 1. The fourth-order valence-electron chi connectivity index (χ4n) is 3.85. The monoisotopic (exact) mass is 389 g/mol. The van der Waals surface area contributed by atoms with Crippen LogP contribution in [0.3, 0.4) is 0 Å². The van der Waals surface area contributed by atoms with E-state index < -0.39 is 0 Å². The van der Waals surface area contributed by atoms with Crippen molar-refractivity contribution in [1.29, 1.82) is 0 Å². The van der Waals surface area contributed by atoms with Gasteiger partial charge in [-0.3, -0.25) is 4.90 Å². The lowest BCUT2D eigenvalue weighted by molar-refractivity contribution is 0.170. The van der Waals surface area contributed by atoms with E-state index in [-0.39, 0.29) is 0 Å². The molecule has 0 bridgehead atoms. The molecule has 1 atom stereocenters. The van der Waals surface area contributed by atoms with Crippen LogP contribution in [0.5, 0.6) is 5.75 Å². The van der Waals surface area contributed by atoms with Crippen molar-refractivity contribution in [3.8, 4) is 17.0 Å². The van der Waals surface area contributed by atoms with Crippen molar-refractivity contribution < 1.29 is 4.74 Å². The van der Waals surface area contributed by atoms with Crippen LogP contribution in [-0.2, 0) is 0 Å². The van der Waals surface area contributed by atoms with Crippen molar-refractivity contribution in [2.24, 2.45) is 0 Å². The Morgan fingerprint density at radius 3 is 2.66 bits per heavy atom. The molecule has 6 heteroatoms. The Morgan fingerprint density at radius 2 is 1.86 bits per heavy atom. The third kappa shape index (κ3) is 4.90. The Morgan fingerprint density at radius 1 is 1.03 bits per heavy atom. The molecule has 0 radical (unpaired) electrons. The molecular weight excluding hydrogens is 362 g/mol. The lowest BCUT2D eigenvalue weighted by atomic mass is 10.0. The number of likely N-dealkylation sites (tertiary alicyclic amines) is 1. The van der Waals surface area contributed by atoms with Gasteiger partial charge in [0.05, 0.1) is 25.0 Å². The lowest BCUT2D eigenvalue weighted by Gasteiger charge is -2.35. The number of anilines is 1. The molecule has 2 heterocycles. The van der Waals surface area contributed by atoms with Crippen molar-refractivity contribution in [2.45, 2.75) is 25.3 Å². The molecule has 29 heavy (non-hydrogen) atoms. The van der Waals surface area contributed by atoms with Gasteiger partial charge in [0.25, 0.3) is 0 Å². The Labute approximate surface area is 172 Å². The van der Waals surface area contributed by atoms with Gasteiger partial charge < -0.3 is 10.1 Å². The summed E-state index contributed by atoms with van der Waals surface area (Å²) in [6.07, 6.45) is 5.51. The van der Waals surface area contributed by atoms with Crippen LogP contribution >= 0.6 is 0 Å². The quantitative estimate of drug-likeness (QED) is 0.654. The van der Waals surface area contributed by atoms with Gasteiger partial charge in [-0.15, -0.1) is 5.10 Å². The van der Waals surface area contributed by atoms with Crippen molar-refractivity contribution in [3.05, 3.63) is 66.4 Å². The highest BCUT2D eigenvalue weighted by atomic mass is 16.5. The molecule has 1 saturated heterocycles. The van der Waals surface area contributed by atoms with Crippen molar-refractivity contribution >= 4 is 5.95 Å². The van der Waals surface area contributed by atoms with Crippen LogP contribution in [0.25, 0.3) is 11.3 Å². The predicted molar refractivity (Wildman–Crippen MR) is 115 cm³/mol. The number of hydrogen-bond donors (Lipinski definition) is 1. The molecule has 0 saturated carbocycles. The summed E-state index contributed by atoms with van der Waals surface area (Å²) in [6.45, 7) is 3.00. The fraction of sp³-hybridized carbons (Fsp3) is 0.348. The summed E-state index contributed by atoms with van der Waals surface area (Å²) in [6, 6.07) is 18.8. The molecule has 1 aliphatic heterocycles. The van der Waals surface area contributed by atoms with Gasteiger partial charge in [0, 0.05) is 12.1 Å². The number of ether oxygens (including phenoxy) is 1. The zero-order valence-electron chi connectivity index (χ0n) is 16.8. The number of rotatable bonds is 7. The smallest absolute Gasteiger partial charge is 0.243 e. The zero-order chi connectivity index (χ0) is 19.9. The molecule has 150 valence electrons. The molecule has 3 aromatic rings. The highest BCUT2D eigenvalue weighted by Crippen LogP contribution is 2.25. The predicted octanol–water partition coefficient (Wildman–Crippen LogP) is 4.19. The second-order valence-electron chi connectivity index (χ2n) is 7.30. The average Bonchev–Trinajstić information content (AvgIpc) is 2.81. The normalized spacial score (nSPS) is 15.6. The molecule has 2 aromatic carbocycles. The molecule has 6 nitrogen and oxygen atoms in total. The molecule has 4 rings (SSSR count). The van der Waals surface area contributed by atoms with Gasteiger partial charge in [-0.25, -0.2) is 4.98 Å². The molecule has 0 aliphatic carbocycles. The second kappa shape index (κ2) is 9.47. The minimum atomic E-state index is 0.292. The third-order valence-corrected chi connectivity index (χ3v) is 5.39. The topological polar surface area (TPSA) is 63.2 Å². The van der Waals surface area contributed by atoms with E-state index in [9.17, 15) is 0 Å². The minimum absolute atomic E-state index is 0.292. The van der Waals surface area contributed by atoms with Crippen LogP contribution < -0.4 is 10.1 Å². The summed E-state index contributed by atoms with van der Waals surface area (Å²) in [4.78, 5) is 7.23. The number of nitrogens with zero attached hydrogens (tertiary/aromatic N) is 4. The minimum Gasteiger partial charge on any atom is -0.497 e. The first-order chi connectivity index (χ1) is 14.3. The summed E-state index contributed by atoms with van der Waals surface area (Å²) < 4.78 is 5.32. The number of methoxy groups -OCH3 is 1. The lowest BCUT2D eigenvalue weighted by Crippen LogP contribution is -2.37.